The molecule has 2 aromatic rings. The molecule has 0 saturated carbocycles. The number of para-hydroxylation sites is 1. The molecule has 0 aliphatic rings. The molecule has 1 N–H and O–H groups in total. The van der Waals surface area contributed by atoms with Gasteiger partial charge in [-0.2, -0.15) is 0 Å². The van der Waals surface area contributed by atoms with Crippen LogP contribution in [0.25, 0.3) is 0 Å². The molecule has 146 valence electrons. The molecule has 0 bridgehead atoms. The minimum Gasteiger partial charge on any atom is -0.323 e. The number of carbonyl (C=O) groups is 1. The molecule has 0 radical (unpaired) electrons. The molecule has 0 aliphatic heterocycles. The second-order valence-corrected chi connectivity index (χ2v) is 9.76. The average Bonchev–Trinajstić information content (AvgIpc) is 2.58. The first-order valence-electron chi connectivity index (χ1n) is 8.12. The van der Waals surface area contributed by atoms with Gasteiger partial charge in [0.25, 0.3) is 0 Å². The van der Waals surface area contributed by atoms with Crippen molar-refractivity contribution in [1.29, 1.82) is 0 Å². The van der Waals surface area contributed by atoms with E-state index < -0.39 is 22.0 Å². The Labute approximate surface area is 174 Å². The lowest BCUT2D eigenvalue weighted by Gasteiger charge is -2.29. The number of nitrogens with one attached hydrogen (secondary N) is 1. The van der Waals surface area contributed by atoms with E-state index in [1.54, 1.807) is 23.9 Å². The Bertz CT molecular complexity index is 936. The second kappa shape index (κ2) is 9.19. The van der Waals surface area contributed by atoms with Crippen LogP contribution >= 0.6 is 35.0 Å². The molecule has 0 heterocycles. The van der Waals surface area contributed by atoms with Crippen LogP contribution in [0.1, 0.15) is 13.8 Å². The molecule has 2 aromatic carbocycles. The summed E-state index contributed by atoms with van der Waals surface area (Å²) < 4.78 is 25.8. The largest absolute Gasteiger partial charge is 0.323 e. The van der Waals surface area contributed by atoms with E-state index in [-0.39, 0.29) is 10.7 Å². The van der Waals surface area contributed by atoms with Crippen LogP contribution in [0.3, 0.4) is 0 Å². The maximum absolute atomic E-state index is 12.8. The smallest absolute Gasteiger partial charge is 0.248 e. The Kier molecular flexibility index (Phi) is 7.45. The molecule has 0 aliphatic carbocycles. The number of anilines is 2. The first-order chi connectivity index (χ1) is 12.6. The van der Waals surface area contributed by atoms with Gasteiger partial charge in [0.15, 0.2) is 0 Å². The Morgan fingerprint density at radius 2 is 1.89 bits per heavy atom. The van der Waals surface area contributed by atoms with Crippen molar-refractivity contribution in [2.45, 2.75) is 24.8 Å². The van der Waals surface area contributed by atoms with Gasteiger partial charge in [0.1, 0.15) is 6.04 Å². The fourth-order valence-electron chi connectivity index (χ4n) is 2.52. The summed E-state index contributed by atoms with van der Waals surface area (Å²) in [5.41, 5.74) is 0.789. The summed E-state index contributed by atoms with van der Waals surface area (Å²) in [4.78, 5) is 13.7. The Morgan fingerprint density at radius 1 is 1.22 bits per heavy atom. The Balaban J connectivity index is 2.38. The molecule has 9 heteroatoms. The highest BCUT2D eigenvalue weighted by atomic mass is 35.5. The zero-order chi connectivity index (χ0) is 20.2. The topological polar surface area (TPSA) is 66.5 Å². The number of carbonyl (C=O) groups excluding carboxylic acids is 1. The molecule has 1 unspecified atom stereocenters. The quantitative estimate of drug-likeness (QED) is 0.614. The van der Waals surface area contributed by atoms with E-state index in [2.05, 4.69) is 5.32 Å². The number of sulfonamides is 1. The SMILES string of the molecule is CCSc1ccccc1NC(=O)C(C)N(c1cc(Cl)ccc1Cl)S(C)(=O)=O. The minimum atomic E-state index is -3.79. The number of benzene rings is 2. The van der Waals surface area contributed by atoms with Gasteiger partial charge in [0, 0.05) is 9.92 Å². The van der Waals surface area contributed by atoms with Gasteiger partial charge in [-0.05, 0) is 43.0 Å². The van der Waals surface area contributed by atoms with Gasteiger partial charge in [-0.15, -0.1) is 11.8 Å². The van der Waals surface area contributed by atoms with E-state index in [4.69, 9.17) is 23.2 Å². The van der Waals surface area contributed by atoms with Gasteiger partial charge < -0.3 is 5.32 Å². The van der Waals surface area contributed by atoms with Crippen LogP contribution in [0.15, 0.2) is 47.4 Å². The van der Waals surface area contributed by atoms with Crippen LogP contribution in [0.2, 0.25) is 10.0 Å². The molecule has 27 heavy (non-hydrogen) atoms. The number of halogens is 2. The standard InChI is InChI=1S/C18H20Cl2N2O3S2/c1-4-26-17-8-6-5-7-15(17)21-18(23)12(2)22(27(3,24)25)16-11-13(19)9-10-14(16)20/h5-12H,4H2,1-3H3,(H,21,23). The number of hydrogen-bond donors (Lipinski definition) is 1. The van der Waals surface area contributed by atoms with E-state index in [1.165, 1.54) is 19.1 Å². The van der Waals surface area contributed by atoms with Gasteiger partial charge in [-0.3, -0.25) is 9.10 Å². The lowest BCUT2D eigenvalue weighted by Crippen LogP contribution is -2.45. The maximum atomic E-state index is 12.8. The lowest BCUT2D eigenvalue weighted by molar-refractivity contribution is -0.116. The van der Waals surface area contributed by atoms with Crippen LogP contribution in [-0.4, -0.2) is 32.4 Å². The molecule has 1 amide bonds. The van der Waals surface area contributed by atoms with Crippen molar-refractivity contribution in [2.75, 3.05) is 21.6 Å². The summed E-state index contributed by atoms with van der Waals surface area (Å²) in [6.45, 7) is 3.52. The summed E-state index contributed by atoms with van der Waals surface area (Å²) in [5, 5.41) is 3.32. The van der Waals surface area contributed by atoms with Gasteiger partial charge in [0.2, 0.25) is 15.9 Å². The highest BCUT2D eigenvalue weighted by Gasteiger charge is 2.31. The van der Waals surface area contributed by atoms with E-state index in [0.717, 1.165) is 21.2 Å². The van der Waals surface area contributed by atoms with Gasteiger partial charge in [-0.25, -0.2) is 8.42 Å². The fourth-order valence-corrected chi connectivity index (χ4v) is 4.89. The van der Waals surface area contributed by atoms with E-state index in [9.17, 15) is 13.2 Å². The van der Waals surface area contributed by atoms with Crippen LogP contribution in [-0.2, 0) is 14.8 Å². The third-order valence-electron chi connectivity index (χ3n) is 3.68. The number of nitrogens with zero attached hydrogens (tertiary/aromatic N) is 1. The number of amides is 1. The third kappa shape index (κ3) is 5.54. The van der Waals surface area contributed by atoms with Gasteiger partial charge in [0.05, 0.1) is 22.7 Å². The minimum absolute atomic E-state index is 0.158. The monoisotopic (exact) mass is 446 g/mol. The van der Waals surface area contributed by atoms with Crippen molar-refractivity contribution in [2.24, 2.45) is 0 Å². The van der Waals surface area contributed by atoms with Crippen molar-refractivity contribution in [3.63, 3.8) is 0 Å². The molecule has 1 atom stereocenters. The zero-order valence-electron chi connectivity index (χ0n) is 15.1. The lowest BCUT2D eigenvalue weighted by atomic mass is 10.2. The summed E-state index contributed by atoms with van der Waals surface area (Å²) >= 11 is 13.8. The van der Waals surface area contributed by atoms with Crippen molar-refractivity contribution in [3.8, 4) is 0 Å². The van der Waals surface area contributed by atoms with Crippen LogP contribution < -0.4 is 9.62 Å². The summed E-state index contributed by atoms with van der Waals surface area (Å²) in [6.07, 6.45) is 1.02. The van der Waals surface area contributed by atoms with Crippen LogP contribution in [0, 0.1) is 0 Å². The molecule has 5 nitrogen and oxygen atoms in total. The van der Waals surface area contributed by atoms with Crippen molar-refractivity contribution >= 4 is 62.3 Å². The second-order valence-electron chi connectivity index (χ2n) is 5.75. The van der Waals surface area contributed by atoms with Gasteiger partial charge >= 0.3 is 0 Å². The number of rotatable bonds is 7. The van der Waals surface area contributed by atoms with E-state index in [1.807, 2.05) is 25.1 Å². The number of thioether (sulfide) groups is 1. The fraction of sp³-hybridized carbons (Fsp3) is 0.278. The summed E-state index contributed by atoms with van der Waals surface area (Å²) in [5.74, 6) is 0.372. The van der Waals surface area contributed by atoms with Gasteiger partial charge in [-0.1, -0.05) is 42.3 Å². The average molecular weight is 447 g/mol. The Hall–Kier alpha value is -1.41. The molecular weight excluding hydrogens is 427 g/mol. The van der Waals surface area contributed by atoms with Crippen molar-refractivity contribution < 1.29 is 13.2 Å². The van der Waals surface area contributed by atoms with Crippen LogP contribution in [0.5, 0.6) is 0 Å². The summed E-state index contributed by atoms with van der Waals surface area (Å²) in [6, 6.07) is 10.8. The highest BCUT2D eigenvalue weighted by molar-refractivity contribution is 7.99. The third-order valence-corrected chi connectivity index (χ3v) is 6.42. The maximum Gasteiger partial charge on any atom is 0.248 e. The molecule has 0 fully saturated rings. The highest BCUT2D eigenvalue weighted by Crippen LogP contribution is 2.33. The Morgan fingerprint density at radius 3 is 2.52 bits per heavy atom. The zero-order valence-corrected chi connectivity index (χ0v) is 18.2. The van der Waals surface area contributed by atoms with Crippen LogP contribution in [0.4, 0.5) is 11.4 Å². The predicted octanol–water partition coefficient (Wildman–Crippen LogP) is 4.90. The molecule has 0 spiro atoms. The molecular formula is C18H20Cl2N2O3S2. The molecule has 0 saturated heterocycles. The predicted molar refractivity (Wildman–Crippen MR) is 115 cm³/mol. The van der Waals surface area contributed by atoms with E-state index >= 15 is 0 Å². The first kappa shape index (κ1) is 21.9. The number of hydrogen-bond acceptors (Lipinski definition) is 4. The van der Waals surface area contributed by atoms with Crippen molar-refractivity contribution in [3.05, 3.63) is 52.5 Å². The normalized spacial score (nSPS) is 12.5. The first-order valence-corrected chi connectivity index (χ1v) is 11.7. The molecule has 0 aromatic heterocycles. The molecule has 2 rings (SSSR count). The summed E-state index contributed by atoms with van der Waals surface area (Å²) in [7, 11) is -3.79. The van der Waals surface area contributed by atoms with E-state index in [0.29, 0.717) is 10.7 Å². The van der Waals surface area contributed by atoms with Crippen molar-refractivity contribution in [1.82, 2.24) is 0 Å².